The van der Waals surface area contributed by atoms with E-state index in [1.165, 1.54) is 25.8 Å². The number of para-hydroxylation sites is 1. The summed E-state index contributed by atoms with van der Waals surface area (Å²) in [6.45, 7) is 3.47. The number of aromatic nitrogens is 2. The standard InChI is InChI=1S/C25H29N5O/c31-25(26-15-19-13-14-29(17-19)22-11-12-22)27-16-21-18-30(23-9-5-2-6-10-23)28-24(21)20-7-3-1-4-8-20/h1-10,18-19,22H,11-17H2,(H2,26,27,31). The number of carbonyl (C=O) groups excluding carboxylic acids is 1. The topological polar surface area (TPSA) is 62.2 Å². The Morgan fingerprint density at radius 2 is 1.71 bits per heavy atom. The van der Waals surface area contributed by atoms with Gasteiger partial charge in [-0.3, -0.25) is 0 Å². The van der Waals surface area contributed by atoms with Gasteiger partial charge in [0.05, 0.1) is 11.4 Å². The third-order valence-corrected chi connectivity index (χ3v) is 6.23. The average molecular weight is 416 g/mol. The number of carbonyl (C=O) groups is 1. The van der Waals surface area contributed by atoms with Crippen molar-refractivity contribution in [2.24, 2.45) is 5.92 Å². The minimum Gasteiger partial charge on any atom is -0.338 e. The van der Waals surface area contributed by atoms with Crippen LogP contribution >= 0.6 is 0 Å². The lowest BCUT2D eigenvalue weighted by molar-refractivity contribution is 0.238. The number of nitrogens with zero attached hydrogens (tertiary/aromatic N) is 3. The Bertz CT molecular complexity index is 1010. The fourth-order valence-corrected chi connectivity index (χ4v) is 4.37. The normalized spacial score (nSPS) is 18.8. The maximum Gasteiger partial charge on any atom is 0.315 e. The largest absolute Gasteiger partial charge is 0.338 e. The van der Waals surface area contributed by atoms with E-state index in [2.05, 4.69) is 15.5 Å². The van der Waals surface area contributed by atoms with Crippen molar-refractivity contribution in [1.29, 1.82) is 0 Å². The molecule has 2 N–H and O–H groups in total. The van der Waals surface area contributed by atoms with E-state index in [1.807, 2.05) is 71.5 Å². The first-order valence-electron chi connectivity index (χ1n) is 11.2. The van der Waals surface area contributed by atoms with Crippen molar-refractivity contribution in [3.8, 4) is 16.9 Å². The molecule has 0 bridgehead atoms. The van der Waals surface area contributed by atoms with Gasteiger partial charge < -0.3 is 15.5 Å². The van der Waals surface area contributed by atoms with Gasteiger partial charge in [-0.2, -0.15) is 5.10 Å². The van der Waals surface area contributed by atoms with Crippen LogP contribution in [-0.2, 0) is 6.54 Å². The van der Waals surface area contributed by atoms with Crippen molar-refractivity contribution in [3.63, 3.8) is 0 Å². The summed E-state index contributed by atoms with van der Waals surface area (Å²) in [6, 6.07) is 20.8. The summed E-state index contributed by atoms with van der Waals surface area (Å²) in [6.07, 6.45) is 5.88. The zero-order valence-electron chi connectivity index (χ0n) is 17.7. The average Bonchev–Trinajstić information content (AvgIpc) is 3.40. The molecule has 1 aromatic heterocycles. The van der Waals surface area contributed by atoms with Crippen molar-refractivity contribution < 1.29 is 4.79 Å². The molecule has 0 spiro atoms. The van der Waals surface area contributed by atoms with Gasteiger partial charge in [-0.25, -0.2) is 9.48 Å². The molecular weight excluding hydrogens is 386 g/mol. The molecule has 5 rings (SSSR count). The lowest BCUT2D eigenvalue weighted by Crippen LogP contribution is -2.38. The summed E-state index contributed by atoms with van der Waals surface area (Å²) in [4.78, 5) is 15.0. The first-order valence-corrected chi connectivity index (χ1v) is 11.2. The fourth-order valence-electron chi connectivity index (χ4n) is 4.37. The van der Waals surface area contributed by atoms with Crippen LogP contribution in [0.25, 0.3) is 16.9 Å². The first-order chi connectivity index (χ1) is 15.3. The van der Waals surface area contributed by atoms with Crippen molar-refractivity contribution >= 4 is 6.03 Å². The van der Waals surface area contributed by atoms with Crippen molar-refractivity contribution in [2.75, 3.05) is 19.6 Å². The smallest absolute Gasteiger partial charge is 0.315 e. The third-order valence-electron chi connectivity index (χ3n) is 6.23. The maximum absolute atomic E-state index is 12.5. The number of hydrogen-bond acceptors (Lipinski definition) is 3. The molecule has 1 aliphatic carbocycles. The molecule has 1 saturated carbocycles. The van der Waals surface area contributed by atoms with E-state index in [1.54, 1.807) is 0 Å². The fraction of sp³-hybridized carbons (Fsp3) is 0.360. The molecule has 2 aromatic carbocycles. The maximum atomic E-state index is 12.5. The van der Waals surface area contributed by atoms with Crippen LogP contribution in [0.3, 0.4) is 0 Å². The van der Waals surface area contributed by atoms with E-state index in [9.17, 15) is 4.79 Å². The van der Waals surface area contributed by atoms with Crippen LogP contribution in [-0.4, -0.2) is 46.4 Å². The molecule has 2 aliphatic rings. The van der Waals surface area contributed by atoms with Crippen molar-refractivity contribution in [3.05, 3.63) is 72.4 Å². The second kappa shape index (κ2) is 8.94. The first kappa shape index (κ1) is 19.8. The van der Waals surface area contributed by atoms with Gasteiger partial charge in [0.15, 0.2) is 0 Å². The number of urea groups is 1. The van der Waals surface area contributed by atoms with E-state index in [4.69, 9.17) is 5.10 Å². The van der Waals surface area contributed by atoms with Gasteiger partial charge in [-0.15, -0.1) is 0 Å². The molecule has 1 atom stereocenters. The number of amides is 2. The monoisotopic (exact) mass is 415 g/mol. The Morgan fingerprint density at radius 3 is 2.45 bits per heavy atom. The minimum atomic E-state index is -0.114. The van der Waals surface area contributed by atoms with Gasteiger partial charge in [0.2, 0.25) is 0 Å². The Morgan fingerprint density at radius 1 is 0.968 bits per heavy atom. The number of hydrogen-bond donors (Lipinski definition) is 2. The molecule has 160 valence electrons. The van der Waals surface area contributed by atoms with E-state index >= 15 is 0 Å². The molecule has 3 aromatic rings. The van der Waals surface area contributed by atoms with Crippen LogP contribution < -0.4 is 10.6 Å². The second-order valence-corrected chi connectivity index (χ2v) is 8.59. The van der Waals surface area contributed by atoms with Crippen LogP contribution in [0, 0.1) is 5.92 Å². The molecule has 31 heavy (non-hydrogen) atoms. The summed E-state index contributed by atoms with van der Waals surface area (Å²) >= 11 is 0. The number of benzene rings is 2. The van der Waals surface area contributed by atoms with Gasteiger partial charge in [0, 0.05) is 43.0 Å². The van der Waals surface area contributed by atoms with Crippen molar-refractivity contribution in [2.45, 2.75) is 31.8 Å². The van der Waals surface area contributed by atoms with E-state index in [0.717, 1.165) is 41.6 Å². The van der Waals surface area contributed by atoms with Crippen LogP contribution in [0.2, 0.25) is 0 Å². The molecule has 1 unspecified atom stereocenters. The Labute approximate surface area is 183 Å². The molecule has 2 heterocycles. The third kappa shape index (κ3) is 4.80. The van der Waals surface area contributed by atoms with Gasteiger partial charge >= 0.3 is 6.03 Å². The van der Waals surface area contributed by atoms with E-state index in [-0.39, 0.29) is 6.03 Å². The van der Waals surface area contributed by atoms with E-state index < -0.39 is 0 Å². The molecule has 0 radical (unpaired) electrons. The van der Waals surface area contributed by atoms with Gasteiger partial charge in [-0.1, -0.05) is 48.5 Å². The predicted molar refractivity (Wildman–Crippen MR) is 122 cm³/mol. The highest BCUT2D eigenvalue weighted by atomic mass is 16.2. The predicted octanol–water partition coefficient (Wildman–Crippen LogP) is 3.82. The molecule has 2 amide bonds. The minimum absolute atomic E-state index is 0.114. The summed E-state index contributed by atoms with van der Waals surface area (Å²) in [5.41, 5.74) is 3.92. The summed E-state index contributed by atoms with van der Waals surface area (Å²) < 4.78 is 1.88. The quantitative estimate of drug-likeness (QED) is 0.617. The Kier molecular flexibility index (Phi) is 5.71. The SMILES string of the molecule is O=C(NCc1cn(-c2ccccc2)nc1-c1ccccc1)NCC1CCN(C2CC2)C1. The zero-order valence-corrected chi connectivity index (χ0v) is 17.7. The number of nitrogens with one attached hydrogen (secondary N) is 2. The zero-order chi connectivity index (χ0) is 21.0. The Hall–Kier alpha value is -3.12. The van der Waals surface area contributed by atoms with Crippen molar-refractivity contribution in [1.82, 2.24) is 25.3 Å². The molecule has 6 nitrogen and oxygen atoms in total. The number of rotatable bonds is 7. The van der Waals surface area contributed by atoms with Gasteiger partial charge in [0.25, 0.3) is 0 Å². The highest BCUT2D eigenvalue weighted by Gasteiger charge is 2.34. The second-order valence-electron chi connectivity index (χ2n) is 8.59. The summed E-state index contributed by atoms with van der Waals surface area (Å²) in [5, 5.41) is 10.9. The lowest BCUT2D eigenvalue weighted by Gasteiger charge is -2.15. The molecule has 1 aliphatic heterocycles. The highest BCUT2D eigenvalue weighted by molar-refractivity contribution is 5.74. The number of likely N-dealkylation sites (tertiary alicyclic amines) is 1. The van der Waals surface area contributed by atoms with Crippen LogP contribution in [0.5, 0.6) is 0 Å². The van der Waals surface area contributed by atoms with Crippen LogP contribution in [0.4, 0.5) is 4.79 Å². The summed E-state index contributed by atoms with van der Waals surface area (Å²) in [7, 11) is 0. The van der Waals surface area contributed by atoms with E-state index in [0.29, 0.717) is 12.5 Å². The molecule has 6 heteroatoms. The molecule has 1 saturated heterocycles. The lowest BCUT2D eigenvalue weighted by atomic mass is 10.1. The molecular formula is C25H29N5O. The summed E-state index contributed by atoms with van der Waals surface area (Å²) in [5.74, 6) is 0.562. The van der Waals surface area contributed by atoms with Gasteiger partial charge in [-0.05, 0) is 43.9 Å². The van der Waals surface area contributed by atoms with Crippen LogP contribution in [0.1, 0.15) is 24.8 Å². The Balaban J connectivity index is 1.22. The molecule has 2 fully saturated rings. The highest BCUT2D eigenvalue weighted by Crippen LogP contribution is 2.31. The van der Waals surface area contributed by atoms with Gasteiger partial charge in [0.1, 0.15) is 0 Å². The van der Waals surface area contributed by atoms with Crippen LogP contribution in [0.15, 0.2) is 66.9 Å².